The largest absolute Gasteiger partial charge is 0.463 e. The van der Waals surface area contributed by atoms with Crippen LogP contribution in [0.4, 0.5) is 0 Å². The number of amides is 1. The van der Waals surface area contributed by atoms with Crippen LogP contribution in [0.25, 0.3) is 11.1 Å². The highest BCUT2D eigenvalue weighted by Gasteiger charge is 2.24. The van der Waals surface area contributed by atoms with E-state index >= 15 is 0 Å². The zero-order chi connectivity index (χ0) is 21.9. The lowest BCUT2D eigenvalue weighted by atomic mass is 10.0. The number of carbonyl (C=O) groups excluding carboxylic acids is 1. The zero-order valence-corrected chi connectivity index (χ0v) is 18.6. The lowest BCUT2D eigenvalue weighted by Crippen LogP contribution is -2.44. The van der Waals surface area contributed by atoms with E-state index in [2.05, 4.69) is 34.5 Å². The van der Waals surface area contributed by atoms with Crippen LogP contribution >= 0.6 is 11.6 Å². The molecule has 3 heterocycles. The van der Waals surface area contributed by atoms with E-state index in [0.29, 0.717) is 17.3 Å². The van der Waals surface area contributed by atoms with Crippen LogP contribution < -0.4 is 5.32 Å². The highest BCUT2D eigenvalue weighted by atomic mass is 35.5. The minimum absolute atomic E-state index is 0.0556. The van der Waals surface area contributed by atoms with Crippen molar-refractivity contribution in [2.45, 2.75) is 32.0 Å². The molecule has 0 bridgehead atoms. The van der Waals surface area contributed by atoms with Crippen molar-refractivity contribution in [3.05, 3.63) is 94.8 Å². The molecule has 164 valence electrons. The molecule has 5 rings (SSSR count). The molecule has 2 aromatic heterocycles. The van der Waals surface area contributed by atoms with Crippen LogP contribution in [0, 0.1) is 0 Å². The molecular formula is C26H26ClN3O2. The number of halogens is 1. The normalized spacial score (nSPS) is 15.3. The SMILES string of the molecule is O=C(NC1CCN(Cc2ccccc2)CC1)c1cc2occc2n1Cc1cccc(Cl)c1. The molecule has 1 N–H and O–H groups in total. The Bertz CT molecular complexity index is 1210. The molecule has 32 heavy (non-hydrogen) atoms. The number of aromatic nitrogens is 1. The quantitative estimate of drug-likeness (QED) is 0.434. The second-order valence-electron chi connectivity index (χ2n) is 8.43. The van der Waals surface area contributed by atoms with Crippen LogP contribution in [0.1, 0.15) is 34.5 Å². The van der Waals surface area contributed by atoms with Crippen molar-refractivity contribution >= 4 is 28.6 Å². The van der Waals surface area contributed by atoms with Gasteiger partial charge in [0.1, 0.15) is 5.69 Å². The van der Waals surface area contributed by atoms with Crippen LogP contribution in [0.15, 0.2) is 77.4 Å². The molecule has 5 nitrogen and oxygen atoms in total. The van der Waals surface area contributed by atoms with Gasteiger partial charge in [-0.15, -0.1) is 0 Å². The van der Waals surface area contributed by atoms with Gasteiger partial charge < -0.3 is 14.3 Å². The van der Waals surface area contributed by atoms with Crippen molar-refractivity contribution in [1.82, 2.24) is 14.8 Å². The number of hydrogen-bond acceptors (Lipinski definition) is 3. The first-order valence-corrected chi connectivity index (χ1v) is 11.4. The average molecular weight is 448 g/mol. The predicted octanol–water partition coefficient (Wildman–Crippen LogP) is 5.33. The van der Waals surface area contributed by atoms with Gasteiger partial charge in [-0.25, -0.2) is 0 Å². The molecule has 1 aliphatic heterocycles. The number of piperidine rings is 1. The molecule has 0 unspecified atom stereocenters. The first-order valence-electron chi connectivity index (χ1n) is 11.0. The van der Waals surface area contributed by atoms with E-state index in [1.807, 2.05) is 47.0 Å². The Morgan fingerprint density at radius 3 is 2.53 bits per heavy atom. The second-order valence-corrected chi connectivity index (χ2v) is 8.86. The van der Waals surface area contributed by atoms with E-state index in [9.17, 15) is 4.79 Å². The molecule has 0 atom stereocenters. The Hall–Kier alpha value is -3.02. The van der Waals surface area contributed by atoms with Crippen LogP contribution in [0.2, 0.25) is 5.02 Å². The average Bonchev–Trinajstić information content (AvgIpc) is 3.39. The molecule has 1 saturated heterocycles. The van der Waals surface area contributed by atoms with Gasteiger partial charge in [0.2, 0.25) is 0 Å². The van der Waals surface area contributed by atoms with E-state index in [1.165, 1.54) is 5.56 Å². The summed E-state index contributed by atoms with van der Waals surface area (Å²) in [5, 5.41) is 3.94. The standard InChI is InChI=1S/C26H26ClN3O2/c27-21-8-4-7-20(15-21)18-30-23-11-14-32-25(23)16-24(30)26(31)28-22-9-12-29(13-10-22)17-19-5-2-1-3-6-19/h1-8,11,14-16,22H,9-10,12-13,17-18H2,(H,28,31). The van der Waals surface area contributed by atoms with Gasteiger partial charge in [0.05, 0.1) is 11.8 Å². The molecule has 0 saturated carbocycles. The monoisotopic (exact) mass is 447 g/mol. The van der Waals surface area contributed by atoms with Crippen LogP contribution in [-0.4, -0.2) is 34.5 Å². The van der Waals surface area contributed by atoms with Gasteiger partial charge in [0.25, 0.3) is 5.91 Å². The summed E-state index contributed by atoms with van der Waals surface area (Å²) < 4.78 is 7.58. The summed E-state index contributed by atoms with van der Waals surface area (Å²) in [5.41, 5.74) is 4.62. The molecule has 6 heteroatoms. The molecule has 1 fully saturated rings. The van der Waals surface area contributed by atoms with Crippen molar-refractivity contribution in [3.8, 4) is 0 Å². The summed E-state index contributed by atoms with van der Waals surface area (Å²) in [6, 6.07) is 22.2. The summed E-state index contributed by atoms with van der Waals surface area (Å²) in [6.07, 6.45) is 3.55. The van der Waals surface area contributed by atoms with Gasteiger partial charge in [-0.3, -0.25) is 9.69 Å². The number of nitrogens with zero attached hydrogens (tertiary/aromatic N) is 2. The van der Waals surface area contributed by atoms with E-state index < -0.39 is 0 Å². The predicted molar refractivity (Wildman–Crippen MR) is 127 cm³/mol. The number of rotatable bonds is 6. The van der Waals surface area contributed by atoms with Crippen LogP contribution in [-0.2, 0) is 13.1 Å². The van der Waals surface area contributed by atoms with Crippen molar-refractivity contribution in [1.29, 1.82) is 0 Å². The Morgan fingerprint density at radius 1 is 0.969 bits per heavy atom. The maximum Gasteiger partial charge on any atom is 0.268 e. The minimum Gasteiger partial charge on any atom is -0.463 e. The highest BCUT2D eigenvalue weighted by Crippen LogP contribution is 2.24. The number of likely N-dealkylation sites (tertiary alicyclic amines) is 1. The number of nitrogens with one attached hydrogen (secondary N) is 1. The molecule has 0 aliphatic carbocycles. The van der Waals surface area contributed by atoms with Gasteiger partial charge in [-0.05, 0) is 36.1 Å². The number of furan rings is 1. The van der Waals surface area contributed by atoms with Crippen molar-refractivity contribution in [2.24, 2.45) is 0 Å². The van der Waals surface area contributed by atoms with E-state index in [1.54, 1.807) is 6.26 Å². The third-order valence-electron chi connectivity index (χ3n) is 6.16. The van der Waals surface area contributed by atoms with Crippen LogP contribution in [0.3, 0.4) is 0 Å². The van der Waals surface area contributed by atoms with Gasteiger partial charge in [-0.1, -0.05) is 54.1 Å². The van der Waals surface area contributed by atoms with Crippen molar-refractivity contribution in [2.75, 3.05) is 13.1 Å². The zero-order valence-electron chi connectivity index (χ0n) is 17.8. The fraction of sp³-hybridized carbons (Fsp3) is 0.269. The number of fused-ring (bicyclic) bond motifs is 1. The van der Waals surface area contributed by atoms with Crippen LogP contribution in [0.5, 0.6) is 0 Å². The Balaban J connectivity index is 1.26. The van der Waals surface area contributed by atoms with Gasteiger partial charge in [0.15, 0.2) is 5.58 Å². The Kier molecular flexibility index (Phi) is 6.02. The Morgan fingerprint density at radius 2 is 1.75 bits per heavy atom. The number of hydrogen-bond donors (Lipinski definition) is 1. The minimum atomic E-state index is -0.0556. The number of benzene rings is 2. The van der Waals surface area contributed by atoms with E-state index in [0.717, 1.165) is 49.1 Å². The Labute approximate surface area is 192 Å². The van der Waals surface area contributed by atoms with Crippen molar-refractivity contribution < 1.29 is 9.21 Å². The van der Waals surface area contributed by atoms with E-state index in [-0.39, 0.29) is 11.9 Å². The molecule has 1 amide bonds. The molecule has 0 radical (unpaired) electrons. The highest BCUT2D eigenvalue weighted by molar-refractivity contribution is 6.30. The topological polar surface area (TPSA) is 50.4 Å². The van der Waals surface area contributed by atoms with E-state index in [4.69, 9.17) is 16.0 Å². The van der Waals surface area contributed by atoms with Gasteiger partial charge >= 0.3 is 0 Å². The summed E-state index contributed by atoms with van der Waals surface area (Å²) in [5.74, 6) is -0.0556. The summed E-state index contributed by atoms with van der Waals surface area (Å²) in [4.78, 5) is 15.7. The third-order valence-corrected chi connectivity index (χ3v) is 6.39. The lowest BCUT2D eigenvalue weighted by molar-refractivity contribution is 0.0900. The summed E-state index contributed by atoms with van der Waals surface area (Å²) >= 11 is 6.17. The molecule has 4 aromatic rings. The first-order chi connectivity index (χ1) is 15.7. The first kappa shape index (κ1) is 20.9. The fourth-order valence-corrected chi connectivity index (χ4v) is 4.70. The second kappa shape index (κ2) is 9.23. The van der Waals surface area contributed by atoms with Gasteiger partial charge in [-0.2, -0.15) is 0 Å². The maximum absolute atomic E-state index is 13.2. The number of carbonyl (C=O) groups is 1. The molecule has 0 spiro atoms. The molecule has 2 aromatic carbocycles. The summed E-state index contributed by atoms with van der Waals surface area (Å²) in [6.45, 7) is 3.47. The molecule has 1 aliphatic rings. The summed E-state index contributed by atoms with van der Waals surface area (Å²) in [7, 11) is 0. The third kappa shape index (κ3) is 4.59. The fourth-order valence-electron chi connectivity index (χ4n) is 4.49. The molecular weight excluding hydrogens is 422 g/mol. The lowest BCUT2D eigenvalue weighted by Gasteiger charge is -2.32. The van der Waals surface area contributed by atoms with Crippen molar-refractivity contribution in [3.63, 3.8) is 0 Å². The van der Waals surface area contributed by atoms with Gasteiger partial charge in [0, 0.05) is 49.4 Å². The maximum atomic E-state index is 13.2. The smallest absolute Gasteiger partial charge is 0.268 e.